The standard InChI is InChI=1S/C10H17NO4/c1-10(2,3)9-11(6-12)7(5-15-9)8(13)14-4/h6-7,9H,5H2,1-4H3/t7-,9+/m1/s1. The Labute approximate surface area is 89.3 Å². The molecule has 0 aromatic carbocycles. The second kappa shape index (κ2) is 4.18. The molecule has 0 unspecified atom stereocenters. The van der Waals surface area contributed by atoms with E-state index in [2.05, 4.69) is 4.74 Å². The molecule has 1 saturated heterocycles. The first-order valence-corrected chi connectivity index (χ1v) is 4.84. The predicted octanol–water partition coefficient (Wildman–Crippen LogP) is 0.389. The highest BCUT2D eigenvalue weighted by Crippen LogP contribution is 2.30. The summed E-state index contributed by atoms with van der Waals surface area (Å²) in [5, 5.41) is 0. The van der Waals surface area contributed by atoms with E-state index in [1.54, 1.807) is 0 Å². The van der Waals surface area contributed by atoms with Crippen molar-refractivity contribution in [3.05, 3.63) is 0 Å². The van der Waals surface area contributed by atoms with Crippen LogP contribution in [0, 0.1) is 5.41 Å². The van der Waals surface area contributed by atoms with E-state index in [1.165, 1.54) is 12.0 Å². The summed E-state index contributed by atoms with van der Waals surface area (Å²) >= 11 is 0. The molecular formula is C10H17NO4. The topological polar surface area (TPSA) is 55.8 Å². The van der Waals surface area contributed by atoms with Crippen molar-refractivity contribution in [2.75, 3.05) is 13.7 Å². The van der Waals surface area contributed by atoms with E-state index in [1.807, 2.05) is 20.8 Å². The third-order valence-electron chi connectivity index (χ3n) is 2.38. The normalized spacial score (nSPS) is 26.5. The fourth-order valence-electron chi connectivity index (χ4n) is 1.67. The average Bonchev–Trinajstić information content (AvgIpc) is 2.59. The minimum atomic E-state index is -0.614. The molecule has 86 valence electrons. The van der Waals surface area contributed by atoms with Crippen molar-refractivity contribution in [3.63, 3.8) is 0 Å². The van der Waals surface area contributed by atoms with Gasteiger partial charge in [0.05, 0.1) is 13.7 Å². The Morgan fingerprint density at radius 2 is 2.13 bits per heavy atom. The predicted molar refractivity (Wildman–Crippen MR) is 52.9 cm³/mol. The number of nitrogens with zero attached hydrogens (tertiary/aromatic N) is 1. The fourth-order valence-corrected chi connectivity index (χ4v) is 1.67. The molecule has 15 heavy (non-hydrogen) atoms. The molecule has 0 spiro atoms. The zero-order chi connectivity index (χ0) is 11.6. The fraction of sp³-hybridized carbons (Fsp3) is 0.800. The second-order valence-corrected chi connectivity index (χ2v) is 4.64. The van der Waals surface area contributed by atoms with Gasteiger partial charge in [0.15, 0.2) is 6.04 Å². The van der Waals surface area contributed by atoms with E-state index >= 15 is 0 Å². The van der Waals surface area contributed by atoms with Gasteiger partial charge in [0.2, 0.25) is 6.41 Å². The lowest BCUT2D eigenvalue weighted by molar-refractivity contribution is -0.150. The Morgan fingerprint density at radius 3 is 2.53 bits per heavy atom. The van der Waals surface area contributed by atoms with Gasteiger partial charge in [-0.05, 0) is 0 Å². The molecule has 0 aliphatic carbocycles. The van der Waals surface area contributed by atoms with Crippen molar-refractivity contribution in [1.82, 2.24) is 4.90 Å². The SMILES string of the molecule is COC(=O)[C@H]1CO[C@@H](C(C)(C)C)N1C=O. The van der Waals surface area contributed by atoms with E-state index in [-0.39, 0.29) is 18.2 Å². The lowest BCUT2D eigenvalue weighted by Crippen LogP contribution is -2.46. The van der Waals surface area contributed by atoms with E-state index in [4.69, 9.17) is 4.74 Å². The molecule has 0 aromatic rings. The number of carbonyl (C=O) groups is 2. The van der Waals surface area contributed by atoms with Crippen molar-refractivity contribution in [2.45, 2.75) is 33.0 Å². The van der Waals surface area contributed by atoms with Gasteiger partial charge in [-0.25, -0.2) is 4.79 Å². The minimum Gasteiger partial charge on any atom is -0.467 e. The van der Waals surface area contributed by atoms with Gasteiger partial charge in [0.25, 0.3) is 0 Å². The number of amides is 1. The van der Waals surface area contributed by atoms with Gasteiger partial charge in [-0.2, -0.15) is 0 Å². The van der Waals surface area contributed by atoms with Gasteiger partial charge >= 0.3 is 5.97 Å². The summed E-state index contributed by atoms with van der Waals surface area (Å²) in [4.78, 5) is 23.7. The third-order valence-corrected chi connectivity index (χ3v) is 2.38. The largest absolute Gasteiger partial charge is 0.467 e. The van der Waals surface area contributed by atoms with E-state index in [0.717, 1.165) is 0 Å². The van der Waals surface area contributed by atoms with Gasteiger partial charge in [-0.3, -0.25) is 4.79 Å². The van der Waals surface area contributed by atoms with Gasteiger partial charge in [0.1, 0.15) is 6.23 Å². The van der Waals surface area contributed by atoms with Crippen LogP contribution in [0.15, 0.2) is 0 Å². The van der Waals surface area contributed by atoms with Crippen LogP contribution in [0.5, 0.6) is 0 Å². The van der Waals surface area contributed by atoms with E-state index in [9.17, 15) is 9.59 Å². The van der Waals surface area contributed by atoms with Gasteiger partial charge in [-0.1, -0.05) is 20.8 Å². The van der Waals surface area contributed by atoms with Gasteiger partial charge in [0, 0.05) is 5.41 Å². The van der Waals surface area contributed by atoms with Crippen LogP contribution in [0.25, 0.3) is 0 Å². The average molecular weight is 215 g/mol. The molecule has 1 aliphatic heterocycles. The summed E-state index contributed by atoms with van der Waals surface area (Å²) in [7, 11) is 1.30. The highest BCUT2D eigenvalue weighted by molar-refractivity contribution is 5.78. The number of rotatable bonds is 2. The van der Waals surface area contributed by atoms with Crippen LogP contribution in [-0.2, 0) is 19.1 Å². The van der Waals surface area contributed by atoms with Crippen molar-refractivity contribution in [2.24, 2.45) is 5.41 Å². The quantitative estimate of drug-likeness (QED) is 0.494. The highest BCUT2D eigenvalue weighted by atomic mass is 16.5. The van der Waals surface area contributed by atoms with Gasteiger partial charge in [-0.15, -0.1) is 0 Å². The van der Waals surface area contributed by atoms with Crippen LogP contribution >= 0.6 is 0 Å². The molecule has 0 bridgehead atoms. The maximum Gasteiger partial charge on any atom is 0.331 e. The summed E-state index contributed by atoms with van der Waals surface area (Å²) in [6.45, 7) is 6.06. The van der Waals surface area contributed by atoms with Crippen LogP contribution in [0.4, 0.5) is 0 Å². The zero-order valence-electron chi connectivity index (χ0n) is 9.52. The summed E-state index contributed by atoms with van der Waals surface area (Å²) in [6, 6.07) is -0.614. The first kappa shape index (κ1) is 12.0. The molecule has 1 amide bonds. The van der Waals surface area contributed by atoms with Crippen LogP contribution in [0.2, 0.25) is 0 Å². The van der Waals surface area contributed by atoms with Gasteiger partial charge < -0.3 is 14.4 Å². The summed E-state index contributed by atoms with van der Waals surface area (Å²) in [5.74, 6) is -0.436. The minimum absolute atomic E-state index is 0.202. The number of ether oxygens (including phenoxy) is 2. The molecule has 1 aliphatic rings. The van der Waals surface area contributed by atoms with E-state index in [0.29, 0.717) is 6.41 Å². The number of methoxy groups -OCH3 is 1. The van der Waals surface area contributed by atoms with Crippen molar-refractivity contribution >= 4 is 12.4 Å². The monoisotopic (exact) mass is 215 g/mol. The molecule has 0 radical (unpaired) electrons. The molecule has 0 saturated carbocycles. The first-order valence-electron chi connectivity index (χ1n) is 4.84. The Kier molecular flexibility index (Phi) is 3.34. The number of esters is 1. The Bertz CT molecular complexity index is 259. The molecule has 0 aromatic heterocycles. The molecule has 1 fully saturated rings. The molecule has 0 N–H and O–H groups in total. The van der Waals surface area contributed by atoms with Crippen LogP contribution in [0.3, 0.4) is 0 Å². The maximum absolute atomic E-state index is 11.4. The molecule has 1 heterocycles. The smallest absolute Gasteiger partial charge is 0.331 e. The van der Waals surface area contributed by atoms with Crippen LogP contribution in [0.1, 0.15) is 20.8 Å². The van der Waals surface area contributed by atoms with Crippen molar-refractivity contribution < 1.29 is 19.1 Å². The summed E-state index contributed by atoms with van der Waals surface area (Å²) < 4.78 is 10.1. The molecule has 5 nitrogen and oxygen atoms in total. The molecule has 5 heteroatoms. The third kappa shape index (κ3) is 2.28. The van der Waals surface area contributed by atoms with Crippen LogP contribution in [-0.4, -0.2) is 43.3 Å². The lowest BCUT2D eigenvalue weighted by Gasteiger charge is -2.32. The summed E-state index contributed by atoms with van der Waals surface area (Å²) in [6.07, 6.45) is 0.268. The number of hydrogen-bond donors (Lipinski definition) is 0. The Balaban J connectivity index is 2.83. The molecular weight excluding hydrogens is 198 g/mol. The Morgan fingerprint density at radius 1 is 1.53 bits per heavy atom. The van der Waals surface area contributed by atoms with E-state index < -0.39 is 12.0 Å². The van der Waals surface area contributed by atoms with Crippen LogP contribution < -0.4 is 0 Å². The first-order chi connectivity index (χ1) is 6.91. The lowest BCUT2D eigenvalue weighted by atomic mass is 9.93. The zero-order valence-corrected chi connectivity index (χ0v) is 9.52. The number of carbonyl (C=O) groups excluding carboxylic acids is 2. The van der Waals surface area contributed by atoms with Crippen molar-refractivity contribution in [3.8, 4) is 0 Å². The number of hydrogen-bond acceptors (Lipinski definition) is 4. The highest BCUT2D eigenvalue weighted by Gasteiger charge is 2.44. The summed E-state index contributed by atoms with van der Waals surface area (Å²) in [5.41, 5.74) is -0.219. The molecule has 2 atom stereocenters. The second-order valence-electron chi connectivity index (χ2n) is 4.64. The molecule has 1 rings (SSSR count). The Hall–Kier alpha value is -1.10. The van der Waals surface area contributed by atoms with Crippen molar-refractivity contribution in [1.29, 1.82) is 0 Å². The maximum atomic E-state index is 11.4.